The third-order valence-electron chi connectivity index (χ3n) is 7.74. The standard InChI is InChI=1S/C25H46N4O4/c1-17-11-12-20(14-18(17)2)16-27-23(30)22(15-19-8-4-3-5-9-19)29-25(33)28-21(24(31)32)10-6-7-13-26/h17-22H,3-16,26H2,1-2H3,(H,27,30)(H,31,32)(H2,28,29,33)/t17?,18?,20?,21-,22+/m0/s1. The number of carboxylic acid groups (broad SMARTS) is 1. The van der Waals surface area contributed by atoms with Gasteiger partial charge >= 0.3 is 12.0 Å². The van der Waals surface area contributed by atoms with Gasteiger partial charge in [0.05, 0.1) is 0 Å². The zero-order chi connectivity index (χ0) is 24.2. The van der Waals surface area contributed by atoms with Crippen LogP contribution in [0.4, 0.5) is 4.79 Å². The fraction of sp³-hybridized carbons (Fsp3) is 0.880. The molecule has 0 radical (unpaired) electrons. The van der Waals surface area contributed by atoms with Gasteiger partial charge in [0.1, 0.15) is 12.1 Å². The highest BCUT2D eigenvalue weighted by Gasteiger charge is 2.29. The van der Waals surface area contributed by atoms with Crippen LogP contribution < -0.4 is 21.7 Å². The molecule has 3 unspecified atom stereocenters. The monoisotopic (exact) mass is 466 g/mol. The van der Waals surface area contributed by atoms with Gasteiger partial charge in [0.2, 0.25) is 5.91 Å². The zero-order valence-corrected chi connectivity index (χ0v) is 20.6. The number of hydrogen-bond acceptors (Lipinski definition) is 4. The average molecular weight is 467 g/mol. The molecule has 0 aromatic carbocycles. The summed E-state index contributed by atoms with van der Waals surface area (Å²) >= 11 is 0. The summed E-state index contributed by atoms with van der Waals surface area (Å²) in [6, 6.07) is -2.22. The number of urea groups is 1. The lowest BCUT2D eigenvalue weighted by atomic mass is 9.76. The summed E-state index contributed by atoms with van der Waals surface area (Å²) in [5, 5.41) is 17.9. The van der Waals surface area contributed by atoms with Gasteiger partial charge < -0.3 is 26.8 Å². The molecule has 2 aliphatic rings. The van der Waals surface area contributed by atoms with Gasteiger partial charge in [-0.25, -0.2) is 9.59 Å². The number of amides is 3. The molecule has 2 rings (SSSR count). The van der Waals surface area contributed by atoms with Crippen molar-refractivity contribution in [1.29, 1.82) is 0 Å². The first kappa shape index (κ1) is 27.4. The maximum atomic E-state index is 13.1. The SMILES string of the molecule is CC1CCC(CNC(=O)[C@@H](CC2CCCCC2)NC(=O)N[C@@H](CCCCN)C(=O)O)CC1C. The fourth-order valence-electron chi connectivity index (χ4n) is 5.31. The molecule has 0 aliphatic heterocycles. The second-order valence-corrected chi connectivity index (χ2v) is 10.5. The van der Waals surface area contributed by atoms with Gasteiger partial charge in [-0.2, -0.15) is 0 Å². The van der Waals surface area contributed by atoms with Crippen molar-refractivity contribution in [2.45, 2.75) is 103 Å². The van der Waals surface area contributed by atoms with Crippen LogP contribution in [-0.2, 0) is 9.59 Å². The second kappa shape index (κ2) is 14.4. The highest BCUT2D eigenvalue weighted by molar-refractivity contribution is 5.88. The van der Waals surface area contributed by atoms with Crippen LogP contribution in [0.2, 0.25) is 0 Å². The van der Waals surface area contributed by atoms with Crippen molar-refractivity contribution in [2.24, 2.45) is 29.4 Å². The molecule has 2 saturated carbocycles. The molecule has 2 aliphatic carbocycles. The summed E-state index contributed by atoms with van der Waals surface area (Å²) < 4.78 is 0. The van der Waals surface area contributed by atoms with Crippen LogP contribution >= 0.6 is 0 Å². The van der Waals surface area contributed by atoms with Crippen molar-refractivity contribution in [3.63, 3.8) is 0 Å². The molecule has 0 saturated heterocycles. The van der Waals surface area contributed by atoms with Gasteiger partial charge in [-0.15, -0.1) is 0 Å². The van der Waals surface area contributed by atoms with E-state index in [0.717, 1.165) is 44.4 Å². The maximum absolute atomic E-state index is 13.1. The normalized spacial score (nSPS) is 25.6. The molecule has 190 valence electrons. The Labute approximate surface area is 199 Å². The van der Waals surface area contributed by atoms with Gasteiger partial charge in [-0.3, -0.25) is 4.79 Å². The Kier molecular flexibility index (Phi) is 12.0. The summed E-state index contributed by atoms with van der Waals surface area (Å²) in [4.78, 5) is 37.3. The fourth-order valence-corrected chi connectivity index (χ4v) is 5.31. The van der Waals surface area contributed by atoms with E-state index in [1.807, 2.05) is 0 Å². The third-order valence-corrected chi connectivity index (χ3v) is 7.74. The van der Waals surface area contributed by atoms with Gasteiger partial charge in [-0.05, 0) is 68.7 Å². The quantitative estimate of drug-likeness (QED) is 0.281. The van der Waals surface area contributed by atoms with Gasteiger partial charge in [0, 0.05) is 6.54 Å². The van der Waals surface area contributed by atoms with E-state index in [-0.39, 0.29) is 5.91 Å². The first-order valence-corrected chi connectivity index (χ1v) is 13.1. The summed E-state index contributed by atoms with van der Waals surface area (Å²) in [6.07, 6.45) is 11.4. The van der Waals surface area contributed by atoms with Crippen LogP contribution in [0.15, 0.2) is 0 Å². The molecule has 0 aromatic heterocycles. The predicted octanol–water partition coefficient (Wildman–Crippen LogP) is 3.40. The highest BCUT2D eigenvalue weighted by Crippen LogP contribution is 2.33. The lowest BCUT2D eigenvalue weighted by Gasteiger charge is -2.33. The molecular weight excluding hydrogens is 420 g/mol. The molecule has 0 heterocycles. The van der Waals surface area contributed by atoms with Crippen molar-refractivity contribution >= 4 is 17.9 Å². The molecule has 8 nitrogen and oxygen atoms in total. The van der Waals surface area contributed by atoms with E-state index in [4.69, 9.17) is 5.73 Å². The maximum Gasteiger partial charge on any atom is 0.326 e. The first-order chi connectivity index (χ1) is 15.8. The Balaban J connectivity index is 1.93. The van der Waals surface area contributed by atoms with Crippen molar-refractivity contribution in [2.75, 3.05) is 13.1 Å². The molecule has 2 fully saturated rings. The minimum Gasteiger partial charge on any atom is -0.480 e. The summed E-state index contributed by atoms with van der Waals surface area (Å²) in [5.41, 5.74) is 5.49. The van der Waals surface area contributed by atoms with Crippen molar-refractivity contribution < 1.29 is 19.5 Å². The molecule has 8 heteroatoms. The molecule has 33 heavy (non-hydrogen) atoms. The van der Waals surface area contributed by atoms with Crippen molar-refractivity contribution in [3.05, 3.63) is 0 Å². The van der Waals surface area contributed by atoms with Crippen LogP contribution in [0, 0.1) is 23.7 Å². The topological polar surface area (TPSA) is 134 Å². The molecule has 0 aromatic rings. The summed E-state index contributed by atoms with van der Waals surface area (Å²) in [7, 11) is 0. The van der Waals surface area contributed by atoms with E-state index in [9.17, 15) is 19.5 Å². The van der Waals surface area contributed by atoms with E-state index in [1.54, 1.807) is 0 Å². The van der Waals surface area contributed by atoms with E-state index in [1.165, 1.54) is 12.8 Å². The number of carboxylic acids is 1. The Bertz CT molecular complexity index is 624. The molecule has 6 N–H and O–H groups in total. The van der Waals surface area contributed by atoms with Gasteiger partial charge in [0.25, 0.3) is 0 Å². The van der Waals surface area contributed by atoms with Crippen LogP contribution in [0.25, 0.3) is 0 Å². The largest absolute Gasteiger partial charge is 0.480 e. The molecule has 5 atom stereocenters. The number of nitrogens with two attached hydrogens (primary N) is 1. The van der Waals surface area contributed by atoms with E-state index >= 15 is 0 Å². The Morgan fingerprint density at radius 3 is 2.24 bits per heavy atom. The number of rotatable bonds is 12. The number of nitrogens with one attached hydrogen (secondary N) is 3. The molecule has 0 bridgehead atoms. The second-order valence-electron chi connectivity index (χ2n) is 10.5. The van der Waals surface area contributed by atoms with Crippen LogP contribution in [0.5, 0.6) is 0 Å². The smallest absolute Gasteiger partial charge is 0.326 e. The van der Waals surface area contributed by atoms with Crippen LogP contribution in [0.1, 0.15) is 90.9 Å². The Hall–Kier alpha value is -1.83. The minimum absolute atomic E-state index is 0.156. The minimum atomic E-state index is -1.07. The van der Waals surface area contributed by atoms with Gasteiger partial charge in [-0.1, -0.05) is 52.4 Å². The van der Waals surface area contributed by atoms with Crippen molar-refractivity contribution in [3.8, 4) is 0 Å². The third kappa shape index (κ3) is 9.90. The highest BCUT2D eigenvalue weighted by atomic mass is 16.4. The van der Waals surface area contributed by atoms with E-state index in [2.05, 4.69) is 29.8 Å². The number of aliphatic carboxylic acids is 1. The van der Waals surface area contributed by atoms with Crippen LogP contribution in [-0.4, -0.2) is 48.2 Å². The van der Waals surface area contributed by atoms with Crippen molar-refractivity contribution in [1.82, 2.24) is 16.0 Å². The molecule has 0 spiro atoms. The Morgan fingerprint density at radius 2 is 1.61 bits per heavy atom. The number of carbonyl (C=O) groups excluding carboxylic acids is 2. The Morgan fingerprint density at radius 1 is 0.909 bits per heavy atom. The van der Waals surface area contributed by atoms with Gasteiger partial charge in [0.15, 0.2) is 0 Å². The number of hydrogen-bond donors (Lipinski definition) is 5. The number of unbranched alkanes of at least 4 members (excludes halogenated alkanes) is 1. The lowest BCUT2D eigenvalue weighted by molar-refractivity contribution is -0.139. The number of carbonyl (C=O) groups is 3. The lowest BCUT2D eigenvalue weighted by Crippen LogP contribution is -2.54. The zero-order valence-electron chi connectivity index (χ0n) is 20.6. The van der Waals surface area contributed by atoms with Crippen LogP contribution in [0.3, 0.4) is 0 Å². The van der Waals surface area contributed by atoms with E-state index < -0.39 is 24.1 Å². The predicted molar refractivity (Wildman–Crippen MR) is 130 cm³/mol. The molecular formula is C25H46N4O4. The average Bonchev–Trinajstić information content (AvgIpc) is 2.79. The first-order valence-electron chi connectivity index (χ1n) is 13.1. The summed E-state index contributed by atoms with van der Waals surface area (Å²) in [6.45, 7) is 5.70. The molecule has 3 amide bonds. The van der Waals surface area contributed by atoms with E-state index in [0.29, 0.717) is 56.5 Å². The summed E-state index contributed by atoms with van der Waals surface area (Å²) in [5.74, 6) is 1.05.